The molecule has 0 saturated carbocycles. The fourth-order valence-electron chi connectivity index (χ4n) is 1.96. The lowest BCUT2D eigenvalue weighted by atomic mass is 10.2. The summed E-state index contributed by atoms with van der Waals surface area (Å²) in [5, 5.41) is 3.85. The lowest BCUT2D eigenvalue weighted by Crippen LogP contribution is -2.26. The van der Waals surface area contributed by atoms with Gasteiger partial charge in [0.25, 0.3) is 5.91 Å². The van der Waals surface area contributed by atoms with Crippen LogP contribution in [0.5, 0.6) is 0 Å². The third kappa shape index (κ3) is 3.49. The maximum Gasteiger partial charge on any atom is 0.255 e. The number of methoxy groups -OCH3 is 1. The molecule has 114 valence electrons. The summed E-state index contributed by atoms with van der Waals surface area (Å²) in [7, 11) is 5.25. The van der Waals surface area contributed by atoms with Crippen molar-refractivity contribution in [3.63, 3.8) is 0 Å². The second-order valence-corrected chi connectivity index (χ2v) is 4.93. The number of rotatable bonds is 6. The predicted octanol–water partition coefficient (Wildman–Crippen LogP) is 1.18. The monoisotopic (exact) mass is 292 g/mol. The molecule has 0 bridgehead atoms. The maximum absolute atomic E-state index is 12.4. The van der Waals surface area contributed by atoms with Crippen molar-refractivity contribution in [3.05, 3.63) is 35.2 Å². The van der Waals surface area contributed by atoms with E-state index in [9.17, 15) is 4.79 Å². The molecule has 0 unspecified atom stereocenters. The molecule has 0 N–H and O–H groups in total. The Bertz CT molecular complexity index is 618. The normalized spacial score (nSPS) is 10.9. The van der Waals surface area contributed by atoms with Gasteiger partial charge in [-0.2, -0.15) is 4.98 Å². The SMILES string of the molecule is COCCc1noc(CN(C)C(=O)c2ccn(C)c2C)n1. The summed E-state index contributed by atoms with van der Waals surface area (Å²) >= 11 is 0. The number of carbonyl (C=O) groups is 1. The van der Waals surface area contributed by atoms with Crippen LogP contribution >= 0.6 is 0 Å². The van der Waals surface area contributed by atoms with Crippen molar-refractivity contribution in [2.24, 2.45) is 7.05 Å². The van der Waals surface area contributed by atoms with Crippen LogP contribution in [0, 0.1) is 6.92 Å². The molecule has 0 radical (unpaired) electrons. The average Bonchev–Trinajstić information content (AvgIpc) is 3.04. The van der Waals surface area contributed by atoms with E-state index >= 15 is 0 Å². The van der Waals surface area contributed by atoms with Crippen LogP contribution in [-0.2, 0) is 24.8 Å². The Morgan fingerprint density at radius 2 is 2.29 bits per heavy atom. The van der Waals surface area contributed by atoms with Crippen LogP contribution in [0.25, 0.3) is 0 Å². The molecule has 0 saturated heterocycles. The number of amides is 1. The van der Waals surface area contributed by atoms with Crippen LogP contribution in [0.3, 0.4) is 0 Å². The van der Waals surface area contributed by atoms with Crippen LogP contribution in [0.4, 0.5) is 0 Å². The van der Waals surface area contributed by atoms with Gasteiger partial charge in [0.05, 0.1) is 18.7 Å². The minimum Gasteiger partial charge on any atom is -0.384 e. The number of aromatic nitrogens is 3. The van der Waals surface area contributed by atoms with Crippen molar-refractivity contribution < 1.29 is 14.1 Å². The summed E-state index contributed by atoms with van der Waals surface area (Å²) in [6, 6.07) is 1.81. The first kappa shape index (κ1) is 15.2. The highest BCUT2D eigenvalue weighted by Gasteiger charge is 2.18. The number of aryl methyl sites for hydroxylation is 1. The second-order valence-electron chi connectivity index (χ2n) is 4.93. The van der Waals surface area contributed by atoms with Crippen LogP contribution in [0.2, 0.25) is 0 Å². The van der Waals surface area contributed by atoms with E-state index in [-0.39, 0.29) is 12.5 Å². The molecule has 0 fully saturated rings. The quantitative estimate of drug-likeness (QED) is 0.799. The summed E-state index contributed by atoms with van der Waals surface area (Å²) < 4.78 is 12.0. The van der Waals surface area contributed by atoms with Gasteiger partial charge in [-0.15, -0.1) is 0 Å². The molecule has 7 heteroatoms. The molecule has 2 rings (SSSR count). The molecule has 7 nitrogen and oxygen atoms in total. The van der Waals surface area contributed by atoms with E-state index in [0.29, 0.717) is 30.3 Å². The highest BCUT2D eigenvalue weighted by molar-refractivity contribution is 5.95. The van der Waals surface area contributed by atoms with Gasteiger partial charge in [0, 0.05) is 39.5 Å². The fourth-order valence-corrected chi connectivity index (χ4v) is 1.96. The van der Waals surface area contributed by atoms with E-state index < -0.39 is 0 Å². The molecular formula is C14H20N4O3. The van der Waals surface area contributed by atoms with Crippen LogP contribution in [0.15, 0.2) is 16.8 Å². The Morgan fingerprint density at radius 1 is 1.52 bits per heavy atom. The van der Waals surface area contributed by atoms with Crippen LogP contribution < -0.4 is 0 Å². The van der Waals surface area contributed by atoms with Crippen molar-refractivity contribution in [1.29, 1.82) is 0 Å². The molecule has 0 aliphatic carbocycles. The van der Waals surface area contributed by atoms with Crippen molar-refractivity contribution >= 4 is 5.91 Å². The third-order valence-electron chi connectivity index (χ3n) is 3.37. The van der Waals surface area contributed by atoms with Gasteiger partial charge in [-0.25, -0.2) is 0 Å². The first-order valence-corrected chi connectivity index (χ1v) is 6.70. The Morgan fingerprint density at radius 3 is 2.90 bits per heavy atom. The van der Waals surface area contributed by atoms with Gasteiger partial charge in [-0.3, -0.25) is 4.79 Å². The van der Waals surface area contributed by atoms with E-state index in [1.807, 2.05) is 30.8 Å². The molecule has 2 heterocycles. The van der Waals surface area contributed by atoms with E-state index in [4.69, 9.17) is 9.26 Å². The minimum absolute atomic E-state index is 0.0651. The molecule has 0 aromatic carbocycles. The lowest BCUT2D eigenvalue weighted by Gasteiger charge is -2.14. The van der Waals surface area contributed by atoms with Gasteiger partial charge in [-0.05, 0) is 13.0 Å². The molecule has 2 aromatic heterocycles. The van der Waals surface area contributed by atoms with Crippen molar-refractivity contribution in [3.8, 4) is 0 Å². The summed E-state index contributed by atoms with van der Waals surface area (Å²) in [5.74, 6) is 0.943. The number of hydrogen-bond acceptors (Lipinski definition) is 5. The Hall–Kier alpha value is -2.15. The Balaban J connectivity index is 2.00. The Kier molecular flexibility index (Phi) is 4.74. The van der Waals surface area contributed by atoms with Crippen molar-refractivity contribution in [1.82, 2.24) is 19.6 Å². The first-order valence-electron chi connectivity index (χ1n) is 6.70. The lowest BCUT2D eigenvalue weighted by molar-refractivity contribution is 0.0769. The highest BCUT2D eigenvalue weighted by atomic mass is 16.5. The number of ether oxygens (including phenoxy) is 1. The summed E-state index contributed by atoms with van der Waals surface area (Å²) in [6.07, 6.45) is 2.46. The zero-order valence-electron chi connectivity index (χ0n) is 12.8. The van der Waals surface area contributed by atoms with Gasteiger partial charge in [0.15, 0.2) is 5.82 Å². The van der Waals surface area contributed by atoms with Gasteiger partial charge in [-0.1, -0.05) is 5.16 Å². The van der Waals surface area contributed by atoms with Crippen LogP contribution in [-0.4, -0.2) is 46.3 Å². The molecule has 0 aliphatic heterocycles. The largest absolute Gasteiger partial charge is 0.384 e. The highest BCUT2D eigenvalue weighted by Crippen LogP contribution is 2.12. The molecule has 0 aliphatic rings. The Labute approximate surface area is 123 Å². The molecule has 1 amide bonds. The first-order chi connectivity index (χ1) is 10.0. The van der Waals surface area contributed by atoms with E-state index in [1.165, 1.54) is 0 Å². The van der Waals surface area contributed by atoms with E-state index in [0.717, 1.165) is 5.69 Å². The molecule has 0 atom stereocenters. The van der Waals surface area contributed by atoms with Gasteiger partial charge in [0.1, 0.15) is 0 Å². The standard InChI is InChI=1S/C14H20N4O3/c1-10-11(5-7-17(10)2)14(19)18(3)9-13-15-12(16-21-13)6-8-20-4/h5,7H,6,8-9H2,1-4H3. The minimum atomic E-state index is -0.0651. The van der Waals surface area contributed by atoms with E-state index in [1.54, 1.807) is 19.1 Å². The molecular weight excluding hydrogens is 272 g/mol. The fraction of sp³-hybridized carbons (Fsp3) is 0.500. The zero-order valence-corrected chi connectivity index (χ0v) is 12.8. The number of hydrogen-bond donors (Lipinski definition) is 0. The molecule has 21 heavy (non-hydrogen) atoms. The third-order valence-corrected chi connectivity index (χ3v) is 3.37. The summed E-state index contributed by atoms with van der Waals surface area (Å²) in [6.45, 7) is 2.74. The predicted molar refractivity (Wildman–Crippen MR) is 75.8 cm³/mol. The zero-order chi connectivity index (χ0) is 15.4. The number of carbonyl (C=O) groups excluding carboxylic acids is 1. The topological polar surface area (TPSA) is 73.4 Å². The summed E-state index contributed by atoms with van der Waals surface area (Å²) in [5.41, 5.74) is 1.61. The summed E-state index contributed by atoms with van der Waals surface area (Å²) in [4.78, 5) is 18.2. The van der Waals surface area contributed by atoms with Crippen molar-refractivity contribution in [2.45, 2.75) is 19.9 Å². The van der Waals surface area contributed by atoms with Gasteiger partial charge >= 0.3 is 0 Å². The van der Waals surface area contributed by atoms with Gasteiger partial charge < -0.3 is 18.7 Å². The second kappa shape index (κ2) is 6.53. The molecule has 2 aromatic rings. The molecule has 0 spiro atoms. The van der Waals surface area contributed by atoms with Crippen molar-refractivity contribution in [2.75, 3.05) is 20.8 Å². The van der Waals surface area contributed by atoms with Crippen LogP contribution in [0.1, 0.15) is 27.8 Å². The average molecular weight is 292 g/mol. The number of nitrogens with zero attached hydrogens (tertiary/aromatic N) is 4. The van der Waals surface area contributed by atoms with Gasteiger partial charge in [0.2, 0.25) is 5.89 Å². The smallest absolute Gasteiger partial charge is 0.255 e. The maximum atomic E-state index is 12.4. The van der Waals surface area contributed by atoms with E-state index in [2.05, 4.69) is 10.1 Å².